The van der Waals surface area contributed by atoms with Crippen LogP contribution in [0.3, 0.4) is 0 Å². The number of unbranched alkanes of at least 4 members (excludes halogenated alkanes) is 5. The quantitative estimate of drug-likeness (QED) is 0.564. The van der Waals surface area contributed by atoms with Gasteiger partial charge in [-0.25, -0.2) is 0 Å². The van der Waals surface area contributed by atoms with E-state index in [1.807, 2.05) is 6.92 Å². The molecule has 0 rings (SSSR count). The highest BCUT2D eigenvalue weighted by Crippen LogP contribution is 2.07. The van der Waals surface area contributed by atoms with Crippen LogP contribution >= 0.6 is 0 Å². The molecule has 0 aromatic rings. The Hall–Kier alpha value is -0.0400. The summed E-state index contributed by atoms with van der Waals surface area (Å²) >= 11 is 0. The standard InChI is InChI=1S/C10H22O/c1-3-4-5-6-7-8-9-10(2)11/h10-11H,3-9H2,1-2H3. The zero-order chi connectivity index (χ0) is 8.53. The maximum absolute atomic E-state index is 8.96. The topological polar surface area (TPSA) is 20.2 Å². The lowest BCUT2D eigenvalue weighted by Crippen LogP contribution is -1.98. The van der Waals surface area contributed by atoms with Gasteiger partial charge in [0.2, 0.25) is 0 Å². The first-order valence-electron chi connectivity index (χ1n) is 4.95. The molecule has 0 saturated heterocycles. The second kappa shape index (κ2) is 8.06. The SMILES string of the molecule is CCCCCCCCC(C)O. The van der Waals surface area contributed by atoms with E-state index in [4.69, 9.17) is 5.11 Å². The van der Waals surface area contributed by atoms with Crippen molar-refractivity contribution < 1.29 is 5.11 Å². The number of rotatable bonds is 7. The largest absolute Gasteiger partial charge is 0.393 e. The Morgan fingerprint density at radius 3 is 2.09 bits per heavy atom. The molecule has 0 aliphatic heterocycles. The molecule has 1 nitrogen and oxygen atoms in total. The Morgan fingerprint density at radius 2 is 1.55 bits per heavy atom. The van der Waals surface area contributed by atoms with Crippen molar-refractivity contribution in [3.8, 4) is 0 Å². The number of aliphatic hydroxyl groups is 1. The summed E-state index contributed by atoms with van der Waals surface area (Å²) in [5.74, 6) is 0. The van der Waals surface area contributed by atoms with E-state index >= 15 is 0 Å². The van der Waals surface area contributed by atoms with Crippen LogP contribution in [0, 0.1) is 0 Å². The van der Waals surface area contributed by atoms with Crippen LogP contribution in [-0.2, 0) is 0 Å². The van der Waals surface area contributed by atoms with Crippen molar-refractivity contribution in [2.45, 2.75) is 64.9 Å². The molecule has 1 heteroatoms. The van der Waals surface area contributed by atoms with Gasteiger partial charge in [-0.05, 0) is 13.3 Å². The maximum atomic E-state index is 8.96. The predicted molar refractivity (Wildman–Crippen MR) is 49.7 cm³/mol. The van der Waals surface area contributed by atoms with Crippen molar-refractivity contribution in [1.29, 1.82) is 0 Å². The minimum Gasteiger partial charge on any atom is -0.393 e. The molecule has 0 amide bonds. The lowest BCUT2D eigenvalue weighted by molar-refractivity contribution is 0.180. The molecule has 0 bridgehead atoms. The maximum Gasteiger partial charge on any atom is 0.0512 e. The fourth-order valence-electron chi connectivity index (χ4n) is 1.22. The van der Waals surface area contributed by atoms with Crippen molar-refractivity contribution >= 4 is 0 Å². The summed E-state index contributed by atoms with van der Waals surface area (Å²) < 4.78 is 0. The molecule has 0 aliphatic rings. The van der Waals surface area contributed by atoms with E-state index in [1.165, 1.54) is 38.5 Å². The van der Waals surface area contributed by atoms with Gasteiger partial charge >= 0.3 is 0 Å². The molecule has 0 aromatic heterocycles. The number of hydrogen-bond donors (Lipinski definition) is 1. The lowest BCUT2D eigenvalue weighted by Gasteiger charge is -2.02. The Labute approximate surface area is 70.8 Å². The lowest BCUT2D eigenvalue weighted by atomic mass is 10.1. The summed E-state index contributed by atoms with van der Waals surface area (Å²) in [5.41, 5.74) is 0. The Kier molecular flexibility index (Phi) is 8.03. The van der Waals surface area contributed by atoms with Gasteiger partial charge < -0.3 is 5.11 Å². The number of hydrogen-bond acceptors (Lipinski definition) is 1. The molecular formula is C10H22O. The van der Waals surface area contributed by atoms with E-state index in [9.17, 15) is 0 Å². The highest BCUT2D eigenvalue weighted by Gasteiger charge is 1.94. The Morgan fingerprint density at radius 1 is 1.00 bits per heavy atom. The van der Waals surface area contributed by atoms with Gasteiger partial charge in [-0.3, -0.25) is 0 Å². The van der Waals surface area contributed by atoms with Crippen LogP contribution in [-0.4, -0.2) is 11.2 Å². The van der Waals surface area contributed by atoms with Crippen molar-refractivity contribution in [2.75, 3.05) is 0 Å². The molecule has 68 valence electrons. The van der Waals surface area contributed by atoms with E-state index in [0.717, 1.165) is 6.42 Å². The number of aliphatic hydroxyl groups excluding tert-OH is 1. The van der Waals surface area contributed by atoms with Crippen LogP contribution in [0.5, 0.6) is 0 Å². The minimum absolute atomic E-state index is 0.0961. The average Bonchev–Trinajstić information content (AvgIpc) is 1.96. The third kappa shape index (κ3) is 9.96. The predicted octanol–water partition coefficient (Wildman–Crippen LogP) is 3.12. The van der Waals surface area contributed by atoms with E-state index in [2.05, 4.69) is 6.92 Å². The van der Waals surface area contributed by atoms with Crippen LogP contribution in [0.2, 0.25) is 0 Å². The Bertz CT molecular complexity index is 69.3. The smallest absolute Gasteiger partial charge is 0.0512 e. The van der Waals surface area contributed by atoms with E-state index in [-0.39, 0.29) is 6.10 Å². The van der Waals surface area contributed by atoms with Gasteiger partial charge in [0.05, 0.1) is 6.10 Å². The molecular weight excluding hydrogens is 136 g/mol. The van der Waals surface area contributed by atoms with Crippen LogP contribution < -0.4 is 0 Å². The molecule has 0 fully saturated rings. The second-order valence-electron chi connectivity index (χ2n) is 3.41. The van der Waals surface area contributed by atoms with Crippen molar-refractivity contribution in [3.63, 3.8) is 0 Å². The first kappa shape index (κ1) is 11.0. The van der Waals surface area contributed by atoms with Crippen molar-refractivity contribution in [1.82, 2.24) is 0 Å². The summed E-state index contributed by atoms with van der Waals surface area (Å²) in [6.07, 6.45) is 8.78. The molecule has 1 unspecified atom stereocenters. The van der Waals surface area contributed by atoms with Crippen molar-refractivity contribution in [3.05, 3.63) is 0 Å². The molecule has 11 heavy (non-hydrogen) atoms. The third-order valence-corrected chi connectivity index (χ3v) is 1.98. The molecule has 1 atom stereocenters. The van der Waals surface area contributed by atoms with Crippen molar-refractivity contribution in [2.24, 2.45) is 0 Å². The van der Waals surface area contributed by atoms with Gasteiger partial charge in [0.15, 0.2) is 0 Å². The summed E-state index contributed by atoms with van der Waals surface area (Å²) in [7, 11) is 0. The highest BCUT2D eigenvalue weighted by atomic mass is 16.3. The second-order valence-corrected chi connectivity index (χ2v) is 3.41. The summed E-state index contributed by atoms with van der Waals surface area (Å²) in [6.45, 7) is 4.10. The minimum atomic E-state index is -0.0961. The van der Waals surface area contributed by atoms with Gasteiger partial charge in [0.1, 0.15) is 0 Å². The van der Waals surface area contributed by atoms with Crippen LogP contribution in [0.4, 0.5) is 0 Å². The van der Waals surface area contributed by atoms with Gasteiger partial charge in [-0.1, -0.05) is 45.4 Å². The zero-order valence-corrected chi connectivity index (χ0v) is 7.97. The van der Waals surface area contributed by atoms with Crippen LogP contribution in [0.25, 0.3) is 0 Å². The summed E-state index contributed by atoms with van der Waals surface area (Å²) in [4.78, 5) is 0. The molecule has 0 aliphatic carbocycles. The summed E-state index contributed by atoms with van der Waals surface area (Å²) in [5, 5.41) is 8.96. The first-order valence-corrected chi connectivity index (χ1v) is 4.95. The van der Waals surface area contributed by atoms with E-state index in [1.54, 1.807) is 0 Å². The fourth-order valence-corrected chi connectivity index (χ4v) is 1.22. The molecule has 0 radical (unpaired) electrons. The Balaban J connectivity index is 2.80. The molecule has 0 heterocycles. The first-order chi connectivity index (χ1) is 5.27. The molecule has 0 aromatic carbocycles. The summed E-state index contributed by atoms with van der Waals surface area (Å²) in [6, 6.07) is 0. The molecule has 0 saturated carbocycles. The zero-order valence-electron chi connectivity index (χ0n) is 7.97. The monoisotopic (exact) mass is 158 g/mol. The average molecular weight is 158 g/mol. The molecule has 0 spiro atoms. The van der Waals surface area contributed by atoms with Gasteiger partial charge in [-0.15, -0.1) is 0 Å². The van der Waals surface area contributed by atoms with Gasteiger partial charge in [0.25, 0.3) is 0 Å². The van der Waals surface area contributed by atoms with Gasteiger partial charge in [-0.2, -0.15) is 0 Å². The third-order valence-electron chi connectivity index (χ3n) is 1.98. The van der Waals surface area contributed by atoms with Crippen LogP contribution in [0.15, 0.2) is 0 Å². The fraction of sp³-hybridized carbons (Fsp3) is 1.00. The van der Waals surface area contributed by atoms with Crippen LogP contribution in [0.1, 0.15) is 58.8 Å². The van der Waals surface area contributed by atoms with E-state index in [0.29, 0.717) is 0 Å². The molecule has 1 N–H and O–H groups in total. The van der Waals surface area contributed by atoms with Gasteiger partial charge in [0, 0.05) is 0 Å². The normalized spacial score (nSPS) is 13.4. The van der Waals surface area contributed by atoms with E-state index < -0.39 is 0 Å². The highest BCUT2D eigenvalue weighted by molar-refractivity contribution is 4.48.